The molecular formula is C18H20N2O3. The van der Waals surface area contributed by atoms with Crippen LogP contribution in [0.3, 0.4) is 0 Å². The van der Waals surface area contributed by atoms with Gasteiger partial charge >= 0.3 is 0 Å². The maximum absolute atomic E-state index is 12.5. The summed E-state index contributed by atoms with van der Waals surface area (Å²) in [7, 11) is 5.75. The minimum absolute atomic E-state index is 0.00651. The highest BCUT2D eigenvalue weighted by Crippen LogP contribution is 2.32. The van der Waals surface area contributed by atoms with Gasteiger partial charge < -0.3 is 19.3 Å². The van der Waals surface area contributed by atoms with Gasteiger partial charge in [-0.1, -0.05) is 6.07 Å². The quantitative estimate of drug-likeness (QED) is 0.870. The molecule has 1 aliphatic heterocycles. The molecule has 0 spiro atoms. The first-order valence-corrected chi connectivity index (χ1v) is 7.46. The standard InChI is InChI=1S/C18H20N2O3/c1-19(2)15-7-5-14(6-8-15)18(21)20(3)11-13-4-9-16-17(10-13)23-12-22-16/h4-10H,11-12H2,1-3H3. The topological polar surface area (TPSA) is 42.0 Å². The normalized spacial score (nSPS) is 12.1. The lowest BCUT2D eigenvalue weighted by Gasteiger charge is -2.18. The van der Waals surface area contributed by atoms with E-state index in [1.807, 2.05) is 61.5 Å². The average Bonchev–Trinajstić information content (AvgIpc) is 3.01. The summed E-state index contributed by atoms with van der Waals surface area (Å²) < 4.78 is 10.7. The van der Waals surface area contributed by atoms with Crippen LogP contribution in [-0.4, -0.2) is 38.7 Å². The Morgan fingerprint density at radius 3 is 2.39 bits per heavy atom. The first kappa shape index (κ1) is 15.2. The summed E-state index contributed by atoms with van der Waals surface area (Å²) in [6.45, 7) is 0.774. The summed E-state index contributed by atoms with van der Waals surface area (Å²) in [5.74, 6) is 1.48. The second-order valence-corrected chi connectivity index (χ2v) is 5.79. The van der Waals surface area contributed by atoms with Crippen LogP contribution in [0.4, 0.5) is 5.69 Å². The second-order valence-electron chi connectivity index (χ2n) is 5.79. The molecule has 23 heavy (non-hydrogen) atoms. The molecule has 0 saturated heterocycles. The molecule has 0 N–H and O–H groups in total. The molecule has 1 heterocycles. The van der Waals surface area contributed by atoms with Gasteiger partial charge in [-0.15, -0.1) is 0 Å². The molecule has 0 unspecified atom stereocenters. The molecule has 0 fully saturated rings. The van der Waals surface area contributed by atoms with E-state index in [1.165, 1.54) is 0 Å². The number of anilines is 1. The molecule has 5 heteroatoms. The van der Waals surface area contributed by atoms with Gasteiger partial charge in [0.15, 0.2) is 11.5 Å². The predicted octanol–water partition coefficient (Wildman–Crippen LogP) is 2.75. The van der Waals surface area contributed by atoms with E-state index in [2.05, 4.69) is 0 Å². The lowest BCUT2D eigenvalue weighted by molar-refractivity contribution is 0.0785. The zero-order valence-electron chi connectivity index (χ0n) is 13.6. The molecule has 1 aliphatic rings. The van der Waals surface area contributed by atoms with Crippen molar-refractivity contribution >= 4 is 11.6 Å². The summed E-state index contributed by atoms with van der Waals surface area (Å²) in [6.07, 6.45) is 0. The van der Waals surface area contributed by atoms with E-state index in [4.69, 9.17) is 9.47 Å². The third-order valence-electron chi connectivity index (χ3n) is 3.83. The van der Waals surface area contributed by atoms with Crippen molar-refractivity contribution in [3.05, 3.63) is 53.6 Å². The van der Waals surface area contributed by atoms with Crippen molar-refractivity contribution in [3.63, 3.8) is 0 Å². The lowest BCUT2D eigenvalue weighted by Crippen LogP contribution is -2.26. The van der Waals surface area contributed by atoms with E-state index < -0.39 is 0 Å². The van der Waals surface area contributed by atoms with E-state index in [9.17, 15) is 4.79 Å². The predicted molar refractivity (Wildman–Crippen MR) is 89.1 cm³/mol. The number of hydrogen-bond donors (Lipinski definition) is 0. The van der Waals surface area contributed by atoms with Crippen LogP contribution in [-0.2, 0) is 6.54 Å². The number of nitrogens with zero attached hydrogens (tertiary/aromatic N) is 2. The van der Waals surface area contributed by atoms with Gasteiger partial charge in [-0.2, -0.15) is 0 Å². The molecule has 3 rings (SSSR count). The van der Waals surface area contributed by atoms with Gasteiger partial charge in [0.2, 0.25) is 6.79 Å². The molecule has 2 aromatic rings. The Morgan fingerprint density at radius 1 is 1.00 bits per heavy atom. The summed E-state index contributed by atoms with van der Waals surface area (Å²) in [5, 5.41) is 0. The summed E-state index contributed by atoms with van der Waals surface area (Å²) in [4.78, 5) is 16.2. The van der Waals surface area contributed by atoms with Crippen molar-refractivity contribution in [2.75, 3.05) is 32.8 Å². The van der Waals surface area contributed by atoms with Gasteiger partial charge in [-0.05, 0) is 42.0 Å². The second kappa shape index (κ2) is 6.20. The Morgan fingerprint density at radius 2 is 1.70 bits per heavy atom. The molecule has 0 aromatic heterocycles. The fourth-order valence-electron chi connectivity index (χ4n) is 2.51. The van der Waals surface area contributed by atoms with Gasteiger partial charge in [0, 0.05) is 38.9 Å². The number of benzene rings is 2. The van der Waals surface area contributed by atoms with Crippen molar-refractivity contribution in [1.82, 2.24) is 4.90 Å². The minimum Gasteiger partial charge on any atom is -0.454 e. The first-order chi connectivity index (χ1) is 11.0. The van der Waals surface area contributed by atoms with Crippen molar-refractivity contribution in [1.29, 1.82) is 0 Å². The number of fused-ring (bicyclic) bond motifs is 1. The smallest absolute Gasteiger partial charge is 0.253 e. The van der Waals surface area contributed by atoms with Crippen LogP contribution in [0.15, 0.2) is 42.5 Å². The summed E-state index contributed by atoms with van der Waals surface area (Å²) in [5.41, 5.74) is 2.76. The van der Waals surface area contributed by atoms with Gasteiger partial charge in [-0.3, -0.25) is 4.79 Å². The molecule has 0 radical (unpaired) electrons. The molecule has 2 aromatic carbocycles. The zero-order valence-corrected chi connectivity index (χ0v) is 13.6. The van der Waals surface area contributed by atoms with Gasteiger partial charge in [0.05, 0.1) is 0 Å². The van der Waals surface area contributed by atoms with Crippen molar-refractivity contribution in [2.45, 2.75) is 6.54 Å². The first-order valence-electron chi connectivity index (χ1n) is 7.46. The Hall–Kier alpha value is -2.69. The van der Waals surface area contributed by atoms with Crippen LogP contribution in [0.2, 0.25) is 0 Å². The van der Waals surface area contributed by atoms with Crippen LogP contribution >= 0.6 is 0 Å². The fraction of sp³-hybridized carbons (Fsp3) is 0.278. The highest BCUT2D eigenvalue weighted by atomic mass is 16.7. The van der Waals surface area contributed by atoms with Gasteiger partial charge in [0.1, 0.15) is 0 Å². The molecule has 120 valence electrons. The van der Waals surface area contributed by atoms with E-state index in [-0.39, 0.29) is 12.7 Å². The number of carbonyl (C=O) groups is 1. The Bertz CT molecular complexity index is 711. The maximum atomic E-state index is 12.5. The highest BCUT2D eigenvalue weighted by Gasteiger charge is 2.16. The molecule has 5 nitrogen and oxygen atoms in total. The molecule has 1 amide bonds. The Kier molecular flexibility index (Phi) is 4.10. The largest absolute Gasteiger partial charge is 0.454 e. The van der Waals surface area contributed by atoms with Crippen molar-refractivity contribution in [2.24, 2.45) is 0 Å². The molecule has 0 saturated carbocycles. The maximum Gasteiger partial charge on any atom is 0.253 e. The lowest BCUT2D eigenvalue weighted by atomic mass is 10.1. The monoisotopic (exact) mass is 312 g/mol. The number of rotatable bonds is 4. The van der Waals surface area contributed by atoms with Gasteiger partial charge in [0.25, 0.3) is 5.91 Å². The highest BCUT2D eigenvalue weighted by molar-refractivity contribution is 5.94. The molecule has 0 aliphatic carbocycles. The SMILES string of the molecule is CN(Cc1ccc2c(c1)OCO2)C(=O)c1ccc(N(C)C)cc1. The van der Waals surface area contributed by atoms with E-state index >= 15 is 0 Å². The van der Waals surface area contributed by atoms with E-state index in [0.29, 0.717) is 12.1 Å². The third-order valence-corrected chi connectivity index (χ3v) is 3.83. The van der Waals surface area contributed by atoms with Crippen LogP contribution in [0.5, 0.6) is 11.5 Å². The number of carbonyl (C=O) groups excluding carboxylic acids is 1. The van der Waals surface area contributed by atoms with Gasteiger partial charge in [-0.25, -0.2) is 0 Å². The van der Waals surface area contributed by atoms with Crippen LogP contribution in [0.25, 0.3) is 0 Å². The van der Waals surface area contributed by atoms with Crippen LogP contribution in [0, 0.1) is 0 Å². The Labute approximate surface area is 136 Å². The number of ether oxygens (including phenoxy) is 2. The molecule has 0 atom stereocenters. The van der Waals surface area contributed by atoms with Crippen molar-refractivity contribution in [3.8, 4) is 11.5 Å². The average molecular weight is 312 g/mol. The Balaban J connectivity index is 1.69. The zero-order chi connectivity index (χ0) is 16.4. The van der Waals surface area contributed by atoms with Crippen molar-refractivity contribution < 1.29 is 14.3 Å². The number of hydrogen-bond acceptors (Lipinski definition) is 4. The number of amides is 1. The van der Waals surface area contributed by atoms with E-state index in [0.717, 1.165) is 22.7 Å². The van der Waals surface area contributed by atoms with E-state index in [1.54, 1.807) is 11.9 Å². The van der Waals surface area contributed by atoms with Crippen LogP contribution in [0.1, 0.15) is 15.9 Å². The fourth-order valence-corrected chi connectivity index (χ4v) is 2.51. The molecule has 0 bridgehead atoms. The summed E-state index contributed by atoms with van der Waals surface area (Å²) >= 11 is 0. The molecular weight excluding hydrogens is 292 g/mol. The van der Waals surface area contributed by atoms with Crippen LogP contribution < -0.4 is 14.4 Å². The third kappa shape index (κ3) is 3.23. The summed E-state index contributed by atoms with van der Waals surface area (Å²) in [6, 6.07) is 13.3. The minimum atomic E-state index is -0.00651.